The summed E-state index contributed by atoms with van der Waals surface area (Å²) in [5, 5.41) is 20.4. The highest BCUT2D eigenvalue weighted by Crippen LogP contribution is 2.03. The number of hydrogen-bond donors (Lipinski definition) is 4. The van der Waals surface area contributed by atoms with Crippen LogP contribution in [0.4, 0.5) is 5.82 Å². The summed E-state index contributed by atoms with van der Waals surface area (Å²) in [4.78, 5) is 27.2. The van der Waals surface area contributed by atoms with Crippen LogP contribution in [0.5, 0.6) is 0 Å². The quantitative estimate of drug-likeness (QED) is 0.510. The molecule has 2 atom stereocenters. The van der Waals surface area contributed by atoms with Gasteiger partial charge >= 0.3 is 11.7 Å². The molecule has 82 valence electrons. The van der Waals surface area contributed by atoms with Crippen LogP contribution in [-0.4, -0.2) is 38.3 Å². The number of aromatic nitrogens is 2. The van der Waals surface area contributed by atoms with Gasteiger partial charge in [0.1, 0.15) is 5.82 Å². The number of nitrogens with zero attached hydrogens (tertiary/aromatic N) is 1. The highest BCUT2D eigenvalue weighted by atomic mass is 16.4. The van der Waals surface area contributed by atoms with E-state index in [-0.39, 0.29) is 5.82 Å². The van der Waals surface area contributed by atoms with Gasteiger partial charge in [-0.1, -0.05) is 0 Å². The van der Waals surface area contributed by atoms with Crippen LogP contribution in [-0.2, 0) is 4.79 Å². The van der Waals surface area contributed by atoms with Gasteiger partial charge in [-0.2, -0.15) is 0 Å². The van der Waals surface area contributed by atoms with Gasteiger partial charge in [0.15, 0.2) is 6.04 Å². The van der Waals surface area contributed by atoms with E-state index in [4.69, 9.17) is 10.2 Å². The Labute approximate surface area is 84.8 Å². The Balaban J connectivity index is 2.83. The average Bonchev–Trinajstić information content (AvgIpc) is 2.13. The highest BCUT2D eigenvalue weighted by Gasteiger charge is 2.22. The van der Waals surface area contributed by atoms with Gasteiger partial charge in [-0.3, -0.25) is 4.98 Å². The average molecular weight is 213 g/mol. The third-order valence-electron chi connectivity index (χ3n) is 1.73. The van der Waals surface area contributed by atoms with Crippen molar-refractivity contribution in [2.75, 3.05) is 5.32 Å². The molecule has 0 aromatic carbocycles. The molecule has 1 aromatic rings. The molecular formula is C8H11N3O4. The van der Waals surface area contributed by atoms with E-state index < -0.39 is 23.8 Å². The van der Waals surface area contributed by atoms with Crippen LogP contribution in [0.25, 0.3) is 0 Å². The first-order valence-electron chi connectivity index (χ1n) is 4.23. The van der Waals surface area contributed by atoms with Crippen molar-refractivity contribution in [2.45, 2.75) is 19.1 Å². The van der Waals surface area contributed by atoms with Crippen LogP contribution in [0.1, 0.15) is 6.92 Å². The second-order valence-corrected chi connectivity index (χ2v) is 2.99. The lowest BCUT2D eigenvalue weighted by molar-refractivity contribution is -0.140. The molecule has 7 nitrogen and oxygen atoms in total. The van der Waals surface area contributed by atoms with E-state index in [2.05, 4.69) is 15.3 Å². The summed E-state index contributed by atoms with van der Waals surface area (Å²) in [5.41, 5.74) is -0.588. The van der Waals surface area contributed by atoms with E-state index >= 15 is 0 Å². The lowest BCUT2D eigenvalue weighted by atomic mass is 10.2. The second kappa shape index (κ2) is 4.56. The Morgan fingerprint density at radius 2 is 2.33 bits per heavy atom. The smallest absolute Gasteiger partial charge is 0.346 e. The standard InChI is InChI=1S/C8H11N3O4/c1-4(12)6(7(13)14)10-5-2-3-9-8(15)11-5/h2-4,6,12H,1H3,(H,13,14)(H2,9,10,11,15). The number of carboxylic acid groups (broad SMARTS) is 1. The summed E-state index contributed by atoms with van der Waals surface area (Å²) >= 11 is 0. The summed E-state index contributed by atoms with van der Waals surface area (Å²) < 4.78 is 0. The minimum absolute atomic E-state index is 0.198. The lowest BCUT2D eigenvalue weighted by Gasteiger charge is -2.17. The van der Waals surface area contributed by atoms with Crippen molar-refractivity contribution in [3.8, 4) is 0 Å². The van der Waals surface area contributed by atoms with Crippen molar-refractivity contribution in [3.63, 3.8) is 0 Å². The Bertz CT molecular complexity index is 401. The topological polar surface area (TPSA) is 115 Å². The summed E-state index contributed by atoms with van der Waals surface area (Å²) in [7, 11) is 0. The summed E-state index contributed by atoms with van der Waals surface area (Å²) in [5.74, 6) is -1.01. The molecule has 0 aliphatic rings. The number of rotatable bonds is 4. The predicted octanol–water partition coefficient (Wildman–Crippen LogP) is -0.984. The van der Waals surface area contributed by atoms with Crippen LogP contribution in [0, 0.1) is 0 Å². The normalized spacial score (nSPS) is 14.3. The fourth-order valence-electron chi connectivity index (χ4n) is 1.01. The Morgan fingerprint density at radius 3 is 2.80 bits per heavy atom. The molecule has 2 unspecified atom stereocenters. The first kappa shape index (κ1) is 11.2. The van der Waals surface area contributed by atoms with Gasteiger partial charge in [0.2, 0.25) is 0 Å². The number of aliphatic carboxylic acids is 1. The number of aliphatic hydroxyl groups is 1. The molecule has 1 aromatic heterocycles. The van der Waals surface area contributed by atoms with Gasteiger partial charge in [-0.05, 0) is 13.0 Å². The SMILES string of the molecule is CC(O)C(Nc1ccnc(=O)[nH]1)C(=O)O. The summed E-state index contributed by atoms with van der Waals surface area (Å²) in [6, 6.07) is 0.225. The minimum Gasteiger partial charge on any atom is -0.480 e. The number of carboxylic acids is 1. The zero-order valence-electron chi connectivity index (χ0n) is 7.97. The molecular weight excluding hydrogens is 202 g/mol. The molecule has 4 N–H and O–H groups in total. The number of nitrogens with one attached hydrogen (secondary N) is 2. The molecule has 0 saturated heterocycles. The first-order chi connectivity index (χ1) is 7.00. The summed E-state index contributed by atoms with van der Waals surface area (Å²) in [6.07, 6.45) is 0.154. The number of H-pyrrole nitrogens is 1. The van der Waals surface area contributed by atoms with E-state index in [1.165, 1.54) is 19.2 Å². The Kier molecular flexibility index (Phi) is 3.40. The Morgan fingerprint density at radius 1 is 1.67 bits per heavy atom. The lowest BCUT2D eigenvalue weighted by Crippen LogP contribution is -2.39. The largest absolute Gasteiger partial charge is 0.480 e. The molecule has 1 heterocycles. The number of aliphatic hydroxyl groups excluding tert-OH is 1. The maximum atomic E-state index is 10.8. The second-order valence-electron chi connectivity index (χ2n) is 2.99. The third-order valence-corrected chi connectivity index (χ3v) is 1.73. The molecule has 0 spiro atoms. The van der Waals surface area contributed by atoms with Crippen molar-refractivity contribution in [2.24, 2.45) is 0 Å². The maximum Gasteiger partial charge on any atom is 0.346 e. The fourth-order valence-corrected chi connectivity index (χ4v) is 1.01. The molecule has 0 fully saturated rings. The van der Waals surface area contributed by atoms with Crippen LogP contribution in [0.2, 0.25) is 0 Å². The van der Waals surface area contributed by atoms with Gasteiger partial charge in [0.25, 0.3) is 0 Å². The minimum atomic E-state index is -1.21. The van der Waals surface area contributed by atoms with Crippen molar-refractivity contribution >= 4 is 11.8 Å². The highest BCUT2D eigenvalue weighted by molar-refractivity contribution is 5.77. The molecule has 0 saturated carbocycles. The van der Waals surface area contributed by atoms with Crippen LogP contribution in [0.3, 0.4) is 0 Å². The van der Waals surface area contributed by atoms with Gasteiger partial charge in [-0.15, -0.1) is 0 Å². The van der Waals surface area contributed by atoms with Crippen molar-refractivity contribution in [3.05, 3.63) is 22.7 Å². The van der Waals surface area contributed by atoms with E-state index in [9.17, 15) is 9.59 Å². The van der Waals surface area contributed by atoms with Crippen molar-refractivity contribution in [1.29, 1.82) is 0 Å². The zero-order valence-corrected chi connectivity index (χ0v) is 7.97. The first-order valence-corrected chi connectivity index (χ1v) is 4.23. The fraction of sp³-hybridized carbons (Fsp3) is 0.375. The van der Waals surface area contributed by atoms with Crippen LogP contribution in [0.15, 0.2) is 17.1 Å². The molecule has 7 heteroatoms. The van der Waals surface area contributed by atoms with E-state index in [1.807, 2.05) is 0 Å². The van der Waals surface area contributed by atoms with Crippen LogP contribution < -0.4 is 11.0 Å². The van der Waals surface area contributed by atoms with Crippen molar-refractivity contribution < 1.29 is 15.0 Å². The third kappa shape index (κ3) is 3.06. The maximum absolute atomic E-state index is 10.8. The molecule has 0 aliphatic heterocycles. The molecule has 0 radical (unpaired) electrons. The van der Waals surface area contributed by atoms with E-state index in [0.29, 0.717) is 0 Å². The van der Waals surface area contributed by atoms with Gasteiger partial charge in [-0.25, -0.2) is 14.6 Å². The Hall–Kier alpha value is -1.89. The molecule has 0 amide bonds. The number of aromatic amines is 1. The van der Waals surface area contributed by atoms with Gasteiger partial charge < -0.3 is 15.5 Å². The van der Waals surface area contributed by atoms with Gasteiger partial charge in [0.05, 0.1) is 6.10 Å². The summed E-state index contributed by atoms with van der Waals surface area (Å²) in [6.45, 7) is 1.34. The molecule has 0 bridgehead atoms. The predicted molar refractivity (Wildman–Crippen MR) is 51.6 cm³/mol. The number of hydrogen-bond acceptors (Lipinski definition) is 5. The molecule has 15 heavy (non-hydrogen) atoms. The molecule has 1 rings (SSSR count). The van der Waals surface area contributed by atoms with Gasteiger partial charge in [0, 0.05) is 6.20 Å². The van der Waals surface area contributed by atoms with E-state index in [0.717, 1.165) is 0 Å². The zero-order chi connectivity index (χ0) is 11.4. The number of anilines is 1. The van der Waals surface area contributed by atoms with Crippen LogP contribution >= 0.6 is 0 Å². The number of carbonyl (C=O) groups is 1. The monoisotopic (exact) mass is 213 g/mol. The van der Waals surface area contributed by atoms with E-state index in [1.54, 1.807) is 0 Å². The van der Waals surface area contributed by atoms with Crippen molar-refractivity contribution in [1.82, 2.24) is 9.97 Å². The molecule has 0 aliphatic carbocycles.